The minimum atomic E-state index is -0.785. The Morgan fingerprint density at radius 3 is 0.792 bits per heavy atom. The maximum absolute atomic E-state index is 12.9. The smallest absolute Gasteiger partial charge is 0.306 e. The Kier molecular flexibility index (Phi) is 61.8. The maximum Gasteiger partial charge on any atom is 0.306 e. The van der Waals surface area contributed by atoms with Crippen LogP contribution >= 0.6 is 0 Å². The number of carbonyl (C=O) groups is 3. The van der Waals surface area contributed by atoms with Crippen LogP contribution in [-0.2, 0) is 28.6 Å². The lowest BCUT2D eigenvalue weighted by molar-refractivity contribution is -0.167. The van der Waals surface area contributed by atoms with Gasteiger partial charge < -0.3 is 14.2 Å². The number of ether oxygens (including phenoxy) is 3. The number of rotatable bonds is 59. The molecule has 0 aliphatic carbocycles. The van der Waals surface area contributed by atoms with Crippen molar-refractivity contribution < 1.29 is 28.6 Å². The van der Waals surface area contributed by atoms with Crippen LogP contribution in [0.1, 0.15) is 316 Å². The number of unbranched alkanes of at least 4 members (excludes halogenated alkanes) is 32. The first-order valence-corrected chi connectivity index (χ1v) is 32.7. The van der Waals surface area contributed by atoms with Gasteiger partial charge in [0, 0.05) is 19.3 Å². The van der Waals surface area contributed by atoms with Crippen molar-refractivity contribution in [3.05, 3.63) is 97.2 Å². The second kappa shape index (κ2) is 64.9. The molecule has 0 aromatic rings. The average molecular weight is 1070 g/mol. The highest BCUT2D eigenvalue weighted by Crippen LogP contribution is 2.16. The van der Waals surface area contributed by atoms with E-state index in [1.165, 1.54) is 161 Å². The zero-order valence-corrected chi connectivity index (χ0v) is 50.7. The monoisotopic (exact) mass is 1070 g/mol. The van der Waals surface area contributed by atoms with E-state index in [4.69, 9.17) is 14.2 Å². The normalized spacial score (nSPS) is 12.7. The Morgan fingerprint density at radius 1 is 0.273 bits per heavy atom. The van der Waals surface area contributed by atoms with E-state index >= 15 is 0 Å². The fraction of sp³-hybridized carbons (Fsp3) is 0.732. The van der Waals surface area contributed by atoms with Crippen LogP contribution in [0.2, 0.25) is 0 Å². The van der Waals surface area contributed by atoms with E-state index in [-0.39, 0.29) is 31.1 Å². The van der Waals surface area contributed by atoms with Crippen LogP contribution in [0, 0.1) is 0 Å². The number of hydrogen-bond acceptors (Lipinski definition) is 6. The molecule has 0 aliphatic rings. The summed E-state index contributed by atoms with van der Waals surface area (Å²) < 4.78 is 16.9. The summed E-state index contributed by atoms with van der Waals surface area (Å²) in [5, 5.41) is 0. The Hall–Kier alpha value is -3.67. The fourth-order valence-corrected chi connectivity index (χ4v) is 9.18. The molecule has 0 aromatic heterocycles. The molecule has 0 amide bonds. The standard InChI is InChI=1S/C71H122O6/c1-4-7-10-13-16-19-22-24-26-28-30-32-33-34-35-36-37-39-40-42-44-46-49-52-55-58-61-64-70(73)76-67-68(66-75-69(72)63-60-57-54-51-48-21-18-15-12-9-6-3)77-71(74)65-62-59-56-53-50-47-45-43-41-38-31-29-27-25-23-20-17-14-11-8-5-2/h7,10,16,19,23-26,29-32,34-35,41,43,68H,4-6,8-9,11-15,17-18,20-22,27-28,33,36-40,42,44-67H2,1-3H3/b10-7-,19-16-,25-23-,26-24-,31-29-,32-30-,35-34-,43-41-. The van der Waals surface area contributed by atoms with Gasteiger partial charge >= 0.3 is 17.9 Å². The third-order valence-corrected chi connectivity index (χ3v) is 14.1. The van der Waals surface area contributed by atoms with Crippen molar-refractivity contribution in [3.63, 3.8) is 0 Å². The molecule has 0 aromatic carbocycles. The second-order valence-electron chi connectivity index (χ2n) is 21.6. The second-order valence-corrected chi connectivity index (χ2v) is 21.6. The predicted molar refractivity (Wildman–Crippen MR) is 334 cm³/mol. The Morgan fingerprint density at radius 2 is 0.506 bits per heavy atom. The molecule has 0 N–H and O–H groups in total. The molecule has 1 atom stereocenters. The molecular weight excluding hydrogens is 949 g/mol. The van der Waals surface area contributed by atoms with Gasteiger partial charge in [0.2, 0.25) is 0 Å². The first-order valence-electron chi connectivity index (χ1n) is 32.7. The van der Waals surface area contributed by atoms with Gasteiger partial charge in [0.25, 0.3) is 0 Å². The van der Waals surface area contributed by atoms with Crippen LogP contribution in [0.5, 0.6) is 0 Å². The van der Waals surface area contributed by atoms with Crippen molar-refractivity contribution >= 4 is 17.9 Å². The molecule has 6 nitrogen and oxygen atoms in total. The summed E-state index contributed by atoms with van der Waals surface area (Å²) in [6, 6.07) is 0. The first-order chi connectivity index (χ1) is 38.0. The van der Waals surface area contributed by atoms with Crippen molar-refractivity contribution in [2.45, 2.75) is 322 Å². The molecule has 442 valence electrons. The van der Waals surface area contributed by atoms with Crippen molar-refractivity contribution in [1.29, 1.82) is 0 Å². The molecule has 0 saturated carbocycles. The highest BCUT2D eigenvalue weighted by atomic mass is 16.6. The molecule has 0 aliphatic heterocycles. The molecule has 0 fully saturated rings. The quantitative estimate of drug-likeness (QED) is 0.0261. The Bertz CT molecular complexity index is 1510. The molecule has 0 saturated heterocycles. The van der Waals surface area contributed by atoms with Gasteiger partial charge in [-0.05, 0) is 103 Å². The Labute approximate surface area is 477 Å². The van der Waals surface area contributed by atoms with Gasteiger partial charge in [-0.1, -0.05) is 291 Å². The number of hydrogen-bond donors (Lipinski definition) is 0. The molecule has 0 rings (SSSR count). The van der Waals surface area contributed by atoms with Crippen LogP contribution in [-0.4, -0.2) is 37.2 Å². The molecule has 0 spiro atoms. The van der Waals surface area contributed by atoms with Crippen LogP contribution in [0.4, 0.5) is 0 Å². The third-order valence-electron chi connectivity index (χ3n) is 14.1. The Balaban J connectivity index is 4.29. The summed E-state index contributed by atoms with van der Waals surface area (Å²) in [5.74, 6) is -0.887. The van der Waals surface area contributed by atoms with Crippen LogP contribution in [0.15, 0.2) is 97.2 Å². The summed E-state index contributed by atoms with van der Waals surface area (Å²) in [5.41, 5.74) is 0. The molecule has 77 heavy (non-hydrogen) atoms. The maximum atomic E-state index is 12.9. The molecule has 0 heterocycles. The van der Waals surface area contributed by atoms with Gasteiger partial charge in [-0.15, -0.1) is 0 Å². The van der Waals surface area contributed by atoms with E-state index in [1.807, 2.05) is 0 Å². The highest BCUT2D eigenvalue weighted by molar-refractivity contribution is 5.71. The summed E-state index contributed by atoms with van der Waals surface area (Å²) >= 11 is 0. The highest BCUT2D eigenvalue weighted by Gasteiger charge is 2.19. The van der Waals surface area contributed by atoms with Crippen molar-refractivity contribution in [2.24, 2.45) is 0 Å². The topological polar surface area (TPSA) is 78.9 Å². The third kappa shape index (κ3) is 63.0. The fourth-order valence-electron chi connectivity index (χ4n) is 9.18. The summed E-state index contributed by atoms with van der Waals surface area (Å²) in [7, 11) is 0. The first kappa shape index (κ1) is 73.3. The summed E-state index contributed by atoms with van der Waals surface area (Å²) in [6.07, 6.45) is 87.0. The van der Waals surface area contributed by atoms with Crippen molar-refractivity contribution in [3.8, 4) is 0 Å². The van der Waals surface area contributed by atoms with Crippen LogP contribution in [0.25, 0.3) is 0 Å². The largest absolute Gasteiger partial charge is 0.462 e. The van der Waals surface area contributed by atoms with Gasteiger partial charge in [0.15, 0.2) is 6.10 Å². The molecule has 1 unspecified atom stereocenters. The summed E-state index contributed by atoms with van der Waals surface area (Å²) in [6.45, 7) is 6.52. The SMILES string of the molecule is CC/C=C\C/C=C\C/C=C\C/C=C\C/C=C\CCCCCCCCCCCCCC(=O)OCC(COC(=O)CCCCCCCCCCCCC)OC(=O)CCCCCCCC/C=C\C/C=C\C/C=C\CCCCCCC. The van der Waals surface area contributed by atoms with E-state index < -0.39 is 6.10 Å². The lowest BCUT2D eigenvalue weighted by atomic mass is 10.0. The predicted octanol–water partition coefficient (Wildman–Crippen LogP) is 22.4. The van der Waals surface area contributed by atoms with Crippen molar-refractivity contribution in [2.75, 3.05) is 13.2 Å². The average Bonchev–Trinajstić information content (AvgIpc) is 3.43. The summed E-state index contributed by atoms with van der Waals surface area (Å²) in [4.78, 5) is 38.3. The lowest BCUT2D eigenvalue weighted by Crippen LogP contribution is -2.30. The zero-order valence-electron chi connectivity index (χ0n) is 50.7. The molecule has 6 heteroatoms. The van der Waals surface area contributed by atoms with Gasteiger partial charge in [-0.25, -0.2) is 0 Å². The van der Waals surface area contributed by atoms with E-state index in [1.54, 1.807) is 0 Å². The van der Waals surface area contributed by atoms with Gasteiger partial charge in [0.1, 0.15) is 13.2 Å². The van der Waals surface area contributed by atoms with Gasteiger partial charge in [0.05, 0.1) is 0 Å². The number of allylic oxidation sites excluding steroid dienone is 16. The van der Waals surface area contributed by atoms with Crippen LogP contribution < -0.4 is 0 Å². The number of esters is 3. The van der Waals surface area contributed by atoms with Crippen molar-refractivity contribution in [1.82, 2.24) is 0 Å². The number of carbonyl (C=O) groups excluding carboxylic acids is 3. The zero-order chi connectivity index (χ0) is 55.7. The lowest BCUT2D eigenvalue weighted by Gasteiger charge is -2.18. The minimum absolute atomic E-state index is 0.0810. The minimum Gasteiger partial charge on any atom is -0.462 e. The van der Waals surface area contributed by atoms with Gasteiger partial charge in [-0.3, -0.25) is 14.4 Å². The van der Waals surface area contributed by atoms with Crippen LogP contribution in [0.3, 0.4) is 0 Å². The van der Waals surface area contributed by atoms with E-state index in [0.717, 1.165) is 116 Å². The molecule has 0 radical (unpaired) electrons. The molecule has 0 bridgehead atoms. The molecular formula is C71H122O6. The van der Waals surface area contributed by atoms with E-state index in [9.17, 15) is 14.4 Å². The van der Waals surface area contributed by atoms with E-state index in [0.29, 0.717) is 19.3 Å². The van der Waals surface area contributed by atoms with Gasteiger partial charge in [-0.2, -0.15) is 0 Å². The van der Waals surface area contributed by atoms with E-state index in [2.05, 4.69) is 118 Å².